The van der Waals surface area contributed by atoms with Crippen LogP contribution >= 0.6 is 0 Å². The Morgan fingerprint density at radius 3 is 2.92 bits per heavy atom. The predicted octanol–water partition coefficient (Wildman–Crippen LogP) is 1.35. The van der Waals surface area contributed by atoms with Crippen LogP contribution in [0, 0.1) is 0 Å². The molecule has 0 atom stereocenters. The third kappa shape index (κ3) is 2.01. The van der Waals surface area contributed by atoms with Gasteiger partial charge in [-0.25, -0.2) is 0 Å². The summed E-state index contributed by atoms with van der Waals surface area (Å²) in [4.78, 5) is 0. The Bertz CT molecular complexity index is 294. The highest BCUT2D eigenvalue weighted by Gasteiger charge is 2.05. The average molecular weight is 176 g/mol. The summed E-state index contributed by atoms with van der Waals surface area (Å²) in [6.45, 7) is 2.23. The summed E-state index contributed by atoms with van der Waals surface area (Å²) in [6, 6.07) is 6.29. The number of fused-ring (bicyclic) bond motifs is 1. The summed E-state index contributed by atoms with van der Waals surface area (Å²) in [5.74, 6) is 0. The summed E-state index contributed by atoms with van der Waals surface area (Å²) < 4.78 is 0. The van der Waals surface area contributed by atoms with Crippen LogP contribution in [0.5, 0.6) is 0 Å². The molecule has 1 aliphatic heterocycles. The molecule has 1 aliphatic rings. The zero-order valence-electron chi connectivity index (χ0n) is 7.84. The molecule has 0 fully saturated rings. The van der Waals surface area contributed by atoms with Gasteiger partial charge >= 0.3 is 0 Å². The molecule has 3 N–H and O–H groups in total. The van der Waals surface area contributed by atoms with Gasteiger partial charge in [0.2, 0.25) is 0 Å². The minimum absolute atomic E-state index is 0.896. The van der Waals surface area contributed by atoms with Gasteiger partial charge in [-0.3, -0.25) is 0 Å². The molecule has 2 nitrogen and oxygen atoms in total. The molecule has 13 heavy (non-hydrogen) atoms. The normalized spacial score (nSPS) is 17.2. The number of hydrogen-bond donors (Lipinski definition) is 2. The summed E-state index contributed by atoms with van der Waals surface area (Å²) in [7, 11) is 0. The number of nitrogens with two attached hydrogens (primary N) is 1. The Hall–Kier alpha value is -1.02. The second-order valence-electron chi connectivity index (χ2n) is 3.63. The van der Waals surface area contributed by atoms with Crippen molar-refractivity contribution in [3.05, 3.63) is 29.3 Å². The first-order valence-electron chi connectivity index (χ1n) is 4.94. The number of benzene rings is 1. The van der Waals surface area contributed by atoms with Crippen molar-refractivity contribution in [2.24, 2.45) is 0 Å². The van der Waals surface area contributed by atoms with E-state index >= 15 is 0 Å². The van der Waals surface area contributed by atoms with E-state index in [0.29, 0.717) is 0 Å². The fourth-order valence-electron chi connectivity index (χ4n) is 1.87. The van der Waals surface area contributed by atoms with Crippen LogP contribution in [0.2, 0.25) is 0 Å². The van der Waals surface area contributed by atoms with Gasteiger partial charge in [0.1, 0.15) is 0 Å². The highest BCUT2D eigenvalue weighted by Crippen LogP contribution is 2.16. The van der Waals surface area contributed by atoms with Crippen LogP contribution in [-0.4, -0.2) is 13.1 Å². The third-order valence-corrected chi connectivity index (χ3v) is 2.60. The molecule has 0 saturated carbocycles. The Kier molecular flexibility index (Phi) is 2.50. The van der Waals surface area contributed by atoms with E-state index in [-0.39, 0.29) is 0 Å². The first-order chi connectivity index (χ1) is 6.36. The molecule has 1 aromatic rings. The van der Waals surface area contributed by atoms with Crippen molar-refractivity contribution < 1.29 is 0 Å². The molecule has 0 unspecified atom stereocenters. The lowest BCUT2D eigenvalue weighted by Crippen LogP contribution is -2.22. The zero-order valence-corrected chi connectivity index (χ0v) is 7.84. The summed E-state index contributed by atoms with van der Waals surface area (Å²) >= 11 is 0. The molecule has 0 spiro atoms. The van der Waals surface area contributed by atoms with E-state index in [0.717, 1.165) is 31.6 Å². The second kappa shape index (κ2) is 3.79. The van der Waals surface area contributed by atoms with E-state index in [1.807, 2.05) is 6.07 Å². The van der Waals surface area contributed by atoms with E-state index in [2.05, 4.69) is 17.4 Å². The maximum Gasteiger partial charge on any atom is 0.0316 e. The van der Waals surface area contributed by atoms with E-state index in [4.69, 9.17) is 5.73 Å². The highest BCUT2D eigenvalue weighted by atomic mass is 14.8. The number of nitrogens with one attached hydrogen (secondary N) is 1. The predicted molar refractivity (Wildman–Crippen MR) is 55.7 cm³/mol. The lowest BCUT2D eigenvalue weighted by molar-refractivity contribution is 0.626. The van der Waals surface area contributed by atoms with Gasteiger partial charge in [-0.1, -0.05) is 6.07 Å². The monoisotopic (exact) mass is 176 g/mol. The zero-order chi connectivity index (χ0) is 9.10. The smallest absolute Gasteiger partial charge is 0.0316 e. The van der Waals surface area contributed by atoms with Gasteiger partial charge in [0, 0.05) is 5.69 Å². The first kappa shape index (κ1) is 8.57. The Morgan fingerprint density at radius 1 is 1.08 bits per heavy atom. The molecule has 1 aromatic carbocycles. The molecule has 70 valence electrons. The van der Waals surface area contributed by atoms with Crippen LogP contribution in [0.25, 0.3) is 0 Å². The second-order valence-corrected chi connectivity index (χ2v) is 3.63. The number of anilines is 1. The van der Waals surface area contributed by atoms with Gasteiger partial charge < -0.3 is 11.1 Å². The lowest BCUT2D eigenvalue weighted by Gasteiger charge is -2.14. The molecular formula is C11H16N2. The Balaban J connectivity index is 2.28. The van der Waals surface area contributed by atoms with Crippen LogP contribution in [0.3, 0.4) is 0 Å². The van der Waals surface area contributed by atoms with Crippen molar-refractivity contribution in [1.29, 1.82) is 0 Å². The molecule has 0 radical (unpaired) electrons. The molecule has 2 rings (SSSR count). The van der Waals surface area contributed by atoms with Gasteiger partial charge in [0.25, 0.3) is 0 Å². The van der Waals surface area contributed by atoms with Crippen LogP contribution in [0.4, 0.5) is 5.69 Å². The van der Waals surface area contributed by atoms with Gasteiger partial charge in [-0.2, -0.15) is 0 Å². The van der Waals surface area contributed by atoms with Crippen LogP contribution in [0.15, 0.2) is 18.2 Å². The van der Waals surface area contributed by atoms with Crippen molar-refractivity contribution in [2.75, 3.05) is 18.8 Å². The molecule has 0 amide bonds. The quantitative estimate of drug-likeness (QED) is 0.585. The number of nitrogen functional groups attached to an aromatic ring is 1. The number of hydrogen-bond acceptors (Lipinski definition) is 2. The maximum absolute atomic E-state index is 5.76. The summed E-state index contributed by atoms with van der Waals surface area (Å²) in [5.41, 5.74) is 9.56. The Labute approximate surface area is 79.1 Å². The molecule has 1 heterocycles. The molecular weight excluding hydrogens is 160 g/mol. The average Bonchev–Trinajstić information content (AvgIpc) is 2.08. The van der Waals surface area contributed by atoms with Crippen molar-refractivity contribution in [2.45, 2.75) is 19.3 Å². The number of aryl methyl sites for hydroxylation is 1. The molecule has 2 heteroatoms. The van der Waals surface area contributed by atoms with Crippen LogP contribution in [0.1, 0.15) is 17.5 Å². The first-order valence-corrected chi connectivity index (χ1v) is 4.94. The van der Waals surface area contributed by atoms with Crippen molar-refractivity contribution in [3.63, 3.8) is 0 Å². The lowest BCUT2D eigenvalue weighted by atomic mass is 9.98. The minimum Gasteiger partial charge on any atom is -0.399 e. The largest absolute Gasteiger partial charge is 0.399 e. The third-order valence-electron chi connectivity index (χ3n) is 2.60. The van der Waals surface area contributed by atoms with Gasteiger partial charge in [-0.15, -0.1) is 0 Å². The fraction of sp³-hybridized carbons (Fsp3) is 0.455. The fourth-order valence-corrected chi connectivity index (χ4v) is 1.87. The maximum atomic E-state index is 5.76. The Morgan fingerprint density at radius 2 is 2.00 bits per heavy atom. The highest BCUT2D eigenvalue weighted by molar-refractivity contribution is 5.45. The SMILES string of the molecule is Nc1ccc2c(c1)CCCNCC2. The van der Waals surface area contributed by atoms with Crippen LogP contribution in [-0.2, 0) is 12.8 Å². The topological polar surface area (TPSA) is 38.0 Å². The van der Waals surface area contributed by atoms with E-state index in [1.54, 1.807) is 0 Å². The van der Waals surface area contributed by atoms with Crippen molar-refractivity contribution in [1.82, 2.24) is 5.32 Å². The minimum atomic E-state index is 0.896. The van der Waals surface area contributed by atoms with E-state index in [1.165, 1.54) is 17.5 Å². The molecule has 0 bridgehead atoms. The van der Waals surface area contributed by atoms with E-state index < -0.39 is 0 Å². The molecule has 0 aliphatic carbocycles. The van der Waals surface area contributed by atoms with Gasteiger partial charge in [0.15, 0.2) is 0 Å². The van der Waals surface area contributed by atoms with Crippen molar-refractivity contribution >= 4 is 5.69 Å². The standard InChI is InChI=1S/C11H16N2/c12-11-4-3-9-5-7-13-6-1-2-10(9)8-11/h3-4,8,13H,1-2,5-7,12H2. The summed E-state index contributed by atoms with van der Waals surface area (Å²) in [6.07, 6.45) is 3.51. The van der Waals surface area contributed by atoms with Crippen molar-refractivity contribution in [3.8, 4) is 0 Å². The number of rotatable bonds is 0. The van der Waals surface area contributed by atoms with Gasteiger partial charge in [0.05, 0.1) is 0 Å². The van der Waals surface area contributed by atoms with Crippen LogP contribution < -0.4 is 11.1 Å². The van der Waals surface area contributed by atoms with Gasteiger partial charge in [-0.05, 0) is 55.6 Å². The molecule has 0 saturated heterocycles. The van der Waals surface area contributed by atoms with E-state index in [9.17, 15) is 0 Å². The molecule has 0 aromatic heterocycles. The summed E-state index contributed by atoms with van der Waals surface area (Å²) in [5, 5.41) is 3.41.